The van der Waals surface area contributed by atoms with Gasteiger partial charge in [-0.25, -0.2) is 0 Å². The summed E-state index contributed by atoms with van der Waals surface area (Å²) < 4.78 is 0. The van der Waals surface area contributed by atoms with Crippen LogP contribution >= 0.6 is 11.3 Å². The largest absolute Gasteiger partial charge is 0.393 e. The topological polar surface area (TPSA) is 23.5 Å². The highest BCUT2D eigenvalue weighted by Gasteiger charge is 2.29. The molecule has 0 spiro atoms. The van der Waals surface area contributed by atoms with Crippen LogP contribution in [0, 0.1) is 0 Å². The van der Waals surface area contributed by atoms with Gasteiger partial charge in [-0.1, -0.05) is 0 Å². The van der Waals surface area contributed by atoms with E-state index in [2.05, 4.69) is 16.3 Å². The van der Waals surface area contributed by atoms with Crippen LogP contribution in [0.5, 0.6) is 0 Å². The van der Waals surface area contributed by atoms with Crippen LogP contribution in [0.3, 0.4) is 0 Å². The average molecular weight is 237 g/mol. The molecule has 1 aromatic heterocycles. The molecule has 1 fully saturated rings. The minimum atomic E-state index is -0.0539. The normalized spacial score (nSPS) is 27.9. The van der Waals surface area contributed by atoms with Gasteiger partial charge in [-0.2, -0.15) is 0 Å². The molecule has 2 aliphatic rings. The third-order valence-electron chi connectivity index (χ3n) is 3.96. The van der Waals surface area contributed by atoms with Crippen LogP contribution in [0.25, 0.3) is 0 Å². The van der Waals surface area contributed by atoms with E-state index in [1.807, 2.05) is 11.3 Å². The van der Waals surface area contributed by atoms with E-state index in [0.717, 1.165) is 25.9 Å². The summed E-state index contributed by atoms with van der Waals surface area (Å²) in [6.45, 7) is 2.14. The Balaban J connectivity index is 1.77. The minimum Gasteiger partial charge on any atom is -0.393 e. The Hall–Kier alpha value is -0.380. The number of hydrogen-bond acceptors (Lipinski definition) is 3. The third kappa shape index (κ3) is 1.92. The van der Waals surface area contributed by atoms with Crippen molar-refractivity contribution in [2.24, 2.45) is 0 Å². The standard InChI is InChI=1S/C13H19NOS/c15-10-4-7-14(8-5-10)12-2-1-3-13-11(12)6-9-16-13/h6,9-10,12,15H,1-5,7-8H2. The van der Waals surface area contributed by atoms with Crippen molar-refractivity contribution >= 4 is 11.3 Å². The molecule has 16 heavy (non-hydrogen) atoms. The summed E-state index contributed by atoms with van der Waals surface area (Å²) in [4.78, 5) is 4.18. The number of thiophene rings is 1. The van der Waals surface area contributed by atoms with Crippen molar-refractivity contribution in [1.29, 1.82) is 0 Å². The van der Waals surface area contributed by atoms with Gasteiger partial charge in [0.2, 0.25) is 0 Å². The lowest BCUT2D eigenvalue weighted by molar-refractivity contribution is 0.0560. The fourth-order valence-corrected chi connectivity index (χ4v) is 4.02. The highest BCUT2D eigenvalue weighted by molar-refractivity contribution is 7.10. The molecule has 1 aromatic rings. The molecular weight excluding hydrogens is 218 g/mol. The predicted octanol–water partition coefficient (Wildman–Crippen LogP) is 2.58. The molecule has 1 aliphatic carbocycles. The summed E-state index contributed by atoms with van der Waals surface area (Å²) in [5.41, 5.74) is 1.58. The minimum absolute atomic E-state index is 0.0539. The van der Waals surface area contributed by atoms with Crippen LogP contribution < -0.4 is 0 Å². The molecule has 1 aliphatic heterocycles. The van der Waals surface area contributed by atoms with Gasteiger partial charge in [0.05, 0.1) is 6.10 Å². The Bertz CT molecular complexity index is 355. The maximum absolute atomic E-state index is 9.56. The van der Waals surface area contributed by atoms with Crippen LogP contribution in [0.15, 0.2) is 11.4 Å². The second-order valence-electron chi connectivity index (χ2n) is 4.97. The second-order valence-corrected chi connectivity index (χ2v) is 5.97. The zero-order chi connectivity index (χ0) is 11.0. The summed E-state index contributed by atoms with van der Waals surface area (Å²) in [7, 11) is 0. The number of fused-ring (bicyclic) bond motifs is 1. The van der Waals surface area contributed by atoms with Crippen molar-refractivity contribution in [3.8, 4) is 0 Å². The fourth-order valence-electron chi connectivity index (χ4n) is 3.04. The van der Waals surface area contributed by atoms with E-state index in [1.165, 1.54) is 19.3 Å². The van der Waals surface area contributed by atoms with E-state index in [1.54, 1.807) is 10.4 Å². The maximum Gasteiger partial charge on any atom is 0.0564 e. The van der Waals surface area contributed by atoms with E-state index in [-0.39, 0.29) is 6.10 Å². The Labute approximate surface area is 101 Å². The SMILES string of the molecule is OC1CCN(C2CCCc3sccc32)CC1. The Morgan fingerprint density at radius 1 is 1.25 bits per heavy atom. The highest BCUT2D eigenvalue weighted by Crippen LogP contribution is 2.38. The molecule has 1 N–H and O–H groups in total. The molecule has 3 rings (SSSR count). The Morgan fingerprint density at radius 3 is 2.88 bits per heavy atom. The quantitative estimate of drug-likeness (QED) is 0.811. The van der Waals surface area contributed by atoms with Gasteiger partial charge in [-0.15, -0.1) is 11.3 Å². The van der Waals surface area contributed by atoms with Crippen LogP contribution in [-0.2, 0) is 6.42 Å². The first-order chi connectivity index (χ1) is 7.84. The van der Waals surface area contributed by atoms with Crippen molar-refractivity contribution in [3.63, 3.8) is 0 Å². The molecule has 3 heteroatoms. The number of aliphatic hydroxyl groups is 1. The van der Waals surface area contributed by atoms with Gasteiger partial charge < -0.3 is 5.11 Å². The molecule has 88 valence electrons. The predicted molar refractivity (Wildman–Crippen MR) is 66.8 cm³/mol. The van der Waals surface area contributed by atoms with Crippen LogP contribution in [0.2, 0.25) is 0 Å². The smallest absolute Gasteiger partial charge is 0.0564 e. The van der Waals surface area contributed by atoms with Crippen molar-refractivity contribution in [1.82, 2.24) is 4.90 Å². The lowest BCUT2D eigenvalue weighted by atomic mass is 9.91. The number of piperidine rings is 1. The van der Waals surface area contributed by atoms with Crippen molar-refractivity contribution < 1.29 is 5.11 Å². The molecule has 2 heterocycles. The highest BCUT2D eigenvalue weighted by atomic mass is 32.1. The van der Waals surface area contributed by atoms with Crippen molar-refractivity contribution in [2.75, 3.05) is 13.1 Å². The zero-order valence-electron chi connectivity index (χ0n) is 9.56. The van der Waals surface area contributed by atoms with Gasteiger partial charge in [0.1, 0.15) is 0 Å². The zero-order valence-corrected chi connectivity index (χ0v) is 10.4. The molecule has 0 radical (unpaired) electrons. The van der Waals surface area contributed by atoms with Crippen LogP contribution in [0.1, 0.15) is 42.2 Å². The molecule has 0 amide bonds. The van der Waals surface area contributed by atoms with Crippen LogP contribution in [0.4, 0.5) is 0 Å². The first-order valence-electron chi connectivity index (χ1n) is 6.33. The van der Waals surface area contributed by atoms with Gasteiger partial charge in [0.15, 0.2) is 0 Å². The number of likely N-dealkylation sites (tertiary alicyclic amines) is 1. The van der Waals surface area contributed by atoms with Gasteiger partial charge in [-0.05, 0) is 49.1 Å². The molecule has 2 nitrogen and oxygen atoms in total. The first-order valence-corrected chi connectivity index (χ1v) is 7.21. The lowest BCUT2D eigenvalue weighted by Crippen LogP contribution is -2.39. The molecule has 1 atom stereocenters. The maximum atomic E-state index is 9.56. The number of hydrogen-bond donors (Lipinski definition) is 1. The summed E-state index contributed by atoms with van der Waals surface area (Å²) in [6.07, 6.45) is 5.77. The summed E-state index contributed by atoms with van der Waals surface area (Å²) in [6, 6.07) is 2.96. The number of aryl methyl sites for hydroxylation is 1. The van der Waals surface area contributed by atoms with Gasteiger partial charge in [-0.3, -0.25) is 4.90 Å². The van der Waals surface area contributed by atoms with E-state index >= 15 is 0 Å². The van der Waals surface area contributed by atoms with Gasteiger partial charge >= 0.3 is 0 Å². The molecule has 0 aromatic carbocycles. The van der Waals surface area contributed by atoms with Crippen molar-refractivity contribution in [2.45, 2.75) is 44.2 Å². The lowest BCUT2D eigenvalue weighted by Gasteiger charge is -2.38. The van der Waals surface area contributed by atoms with Gasteiger partial charge in [0, 0.05) is 24.0 Å². The van der Waals surface area contributed by atoms with E-state index in [0.29, 0.717) is 6.04 Å². The number of aliphatic hydroxyl groups excluding tert-OH is 1. The Kier molecular flexibility index (Phi) is 3.01. The fraction of sp³-hybridized carbons (Fsp3) is 0.692. The van der Waals surface area contributed by atoms with Crippen molar-refractivity contribution in [3.05, 3.63) is 21.9 Å². The van der Waals surface area contributed by atoms with Crippen LogP contribution in [-0.4, -0.2) is 29.2 Å². The summed E-state index contributed by atoms with van der Waals surface area (Å²) >= 11 is 1.92. The van der Waals surface area contributed by atoms with Gasteiger partial charge in [0.25, 0.3) is 0 Å². The molecule has 0 saturated carbocycles. The molecular formula is C13H19NOS. The Morgan fingerprint density at radius 2 is 2.06 bits per heavy atom. The number of nitrogens with zero attached hydrogens (tertiary/aromatic N) is 1. The average Bonchev–Trinajstić information content (AvgIpc) is 2.78. The monoisotopic (exact) mass is 237 g/mol. The summed E-state index contributed by atoms with van der Waals surface area (Å²) in [5.74, 6) is 0. The molecule has 1 unspecified atom stereocenters. The first kappa shape index (κ1) is 10.8. The molecule has 1 saturated heterocycles. The van der Waals surface area contributed by atoms with E-state index in [4.69, 9.17) is 0 Å². The second kappa shape index (κ2) is 4.47. The third-order valence-corrected chi connectivity index (χ3v) is 4.96. The number of rotatable bonds is 1. The van der Waals surface area contributed by atoms with E-state index in [9.17, 15) is 5.11 Å². The summed E-state index contributed by atoms with van der Waals surface area (Å²) in [5, 5.41) is 11.8. The van der Waals surface area contributed by atoms with E-state index < -0.39 is 0 Å². The molecule has 0 bridgehead atoms.